The summed E-state index contributed by atoms with van der Waals surface area (Å²) < 4.78 is 5.65. The molecule has 0 spiro atoms. The monoisotopic (exact) mass is 285 g/mol. The van der Waals surface area contributed by atoms with Crippen molar-refractivity contribution in [1.29, 1.82) is 5.26 Å². The van der Waals surface area contributed by atoms with Crippen molar-refractivity contribution in [3.05, 3.63) is 30.3 Å². The zero-order valence-electron chi connectivity index (χ0n) is 12.9. The van der Waals surface area contributed by atoms with Gasteiger partial charge in [-0.1, -0.05) is 38.5 Å². The molecule has 1 aliphatic carbocycles. The minimum atomic E-state index is -0.804. The molecule has 0 radical (unpaired) electrons. The highest BCUT2D eigenvalue weighted by Gasteiger charge is 2.48. The summed E-state index contributed by atoms with van der Waals surface area (Å²) in [5, 5.41) is 9.55. The van der Waals surface area contributed by atoms with Crippen molar-refractivity contribution in [1.82, 2.24) is 0 Å². The summed E-state index contributed by atoms with van der Waals surface area (Å²) in [5.74, 6) is 0.947. The summed E-state index contributed by atoms with van der Waals surface area (Å²) in [4.78, 5) is 12.6. The average molecular weight is 285 g/mol. The Labute approximate surface area is 126 Å². The van der Waals surface area contributed by atoms with Crippen LogP contribution in [0.1, 0.15) is 46.0 Å². The molecule has 0 N–H and O–H groups in total. The summed E-state index contributed by atoms with van der Waals surface area (Å²) in [6.45, 7) is 4.46. The maximum absolute atomic E-state index is 12.6. The highest BCUT2D eigenvalue weighted by atomic mass is 16.5. The second-order valence-corrected chi connectivity index (χ2v) is 6.53. The molecule has 3 heteroatoms. The van der Waals surface area contributed by atoms with Crippen LogP contribution in [0.2, 0.25) is 0 Å². The molecule has 0 amide bonds. The van der Waals surface area contributed by atoms with Gasteiger partial charge in [0.1, 0.15) is 11.2 Å². The lowest BCUT2D eigenvalue weighted by atomic mass is 9.61. The number of nitriles is 1. The molecule has 1 saturated carbocycles. The molecular formula is C18H23NO2. The quantitative estimate of drug-likeness (QED) is 0.764. The number of nitrogens with zero attached hydrogens (tertiary/aromatic N) is 1. The summed E-state index contributed by atoms with van der Waals surface area (Å²) >= 11 is 0. The summed E-state index contributed by atoms with van der Waals surface area (Å²) in [6, 6.07) is 11.9. The van der Waals surface area contributed by atoms with E-state index in [2.05, 4.69) is 6.07 Å². The first-order valence-corrected chi connectivity index (χ1v) is 7.64. The second-order valence-electron chi connectivity index (χ2n) is 6.53. The van der Waals surface area contributed by atoms with Crippen LogP contribution in [0, 0.1) is 22.2 Å². The van der Waals surface area contributed by atoms with Crippen molar-refractivity contribution >= 4 is 5.78 Å². The van der Waals surface area contributed by atoms with Gasteiger partial charge >= 0.3 is 0 Å². The zero-order chi connectivity index (χ0) is 15.3. The lowest BCUT2D eigenvalue weighted by Gasteiger charge is -2.39. The number of ketones is 1. The standard InChI is InChI=1S/C18H23NO2/c1-17(2)10-6-11-18(14-19,16(17)20)12-7-13-21-15-8-4-3-5-9-15/h3-5,8-9H,6-7,10-13H2,1-2H3. The zero-order valence-corrected chi connectivity index (χ0v) is 12.9. The van der Waals surface area contributed by atoms with Crippen molar-refractivity contribution in [2.45, 2.75) is 46.0 Å². The summed E-state index contributed by atoms with van der Waals surface area (Å²) in [7, 11) is 0. The van der Waals surface area contributed by atoms with E-state index >= 15 is 0 Å². The van der Waals surface area contributed by atoms with Crippen molar-refractivity contribution in [2.24, 2.45) is 10.8 Å². The van der Waals surface area contributed by atoms with Crippen LogP contribution in [0.3, 0.4) is 0 Å². The average Bonchev–Trinajstić information content (AvgIpc) is 2.49. The van der Waals surface area contributed by atoms with E-state index in [1.165, 1.54) is 0 Å². The predicted molar refractivity (Wildman–Crippen MR) is 81.9 cm³/mol. The molecule has 0 saturated heterocycles. The number of carbonyl (C=O) groups is 1. The van der Waals surface area contributed by atoms with Gasteiger partial charge in [-0.05, 0) is 37.8 Å². The highest BCUT2D eigenvalue weighted by molar-refractivity contribution is 5.92. The molecule has 1 atom stereocenters. The van der Waals surface area contributed by atoms with Crippen LogP contribution in [0.4, 0.5) is 0 Å². The van der Waals surface area contributed by atoms with E-state index in [4.69, 9.17) is 4.74 Å². The fourth-order valence-corrected chi connectivity index (χ4v) is 3.19. The highest BCUT2D eigenvalue weighted by Crippen LogP contribution is 2.45. The number of ether oxygens (including phenoxy) is 1. The molecule has 0 heterocycles. The minimum Gasteiger partial charge on any atom is -0.494 e. The Morgan fingerprint density at radius 2 is 1.95 bits per heavy atom. The molecule has 112 valence electrons. The molecular weight excluding hydrogens is 262 g/mol. The van der Waals surface area contributed by atoms with Gasteiger partial charge in [0, 0.05) is 5.41 Å². The molecule has 1 fully saturated rings. The molecule has 1 unspecified atom stereocenters. The maximum atomic E-state index is 12.6. The van der Waals surface area contributed by atoms with Gasteiger partial charge in [0.25, 0.3) is 0 Å². The molecule has 1 aromatic carbocycles. The molecule has 1 aromatic rings. The van der Waals surface area contributed by atoms with Gasteiger partial charge in [-0.2, -0.15) is 5.26 Å². The number of rotatable bonds is 5. The van der Waals surface area contributed by atoms with E-state index in [0.29, 0.717) is 19.4 Å². The fourth-order valence-electron chi connectivity index (χ4n) is 3.19. The molecule has 0 aromatic heterocycles. The van der Waals surface area contributed by atoms with Crippen LogP contribution in [0.25, 0.3) is 0 Å². The van der Waals surface area contributed by atoms with Gasteiger partial charge in [-0.15, -0.1) is 0 Å². The van der Waals surface area contributed by atoms with E-state index in [9.17, 15) is 10.1 Å². The van der Waals surface area contributed by atoms with Crippen molar-refractivity contribution in [3.8, 4) is 11.8 Å². The van der Waals surface area contributed by atoms with Gasteiger partial charge in [0.05, 0.1) is 12.7 Å². The third-order valence-electron chi connectivity index (χ3n) is 4.43. The lowest BCUT2D eigenvalue weighted by molar-refractivity contribution is -0.138. The number of hydrogen-bond donors (Lipinski definition) is 0. The first kappa shape index (κ1) is 15.6. The van der Waals surface area contributed by atoms with Crippen molar-refractivity contribution in [3.63, 3.8) is 0 Å². The van der Waals surface area contributed by atoms with Crippen molar-refractivity contribution in [2.75, 3.05) is 6.61 Å². The normalized spacial score (nSPS) is 24.3. The lowest BCUT2D eigenvalue weighted by Crippen LogP contribution is -2.43. The van der Waals surface area contributed by atoms with Crippen LogP contribution < -0.4 is 4.74 Å². The van der Waals surface area contributed by atoms with Gasteiger partial charge in [-0.3, -0.25) is 4.79 Å². The van der Waals surface area contributed by atoms with E-state index in [-0.39, 0.29) is 11.2 Å². The van der Waals surface area contributed by atoms with Crippen LogP contribution in [0.15, 0.2) is 30.3 Å². The Morgan fingerprint density at radius 1 is 1.24 bits per heavy atom. The molecule has 2 rings (SSSR count). The predicted octanol–water partition coefficient (Wildman–Crippen LogP) is 4.13. The number of benzene rings is 1. The van der Waals surface area contributed by atoms with Crippen molar-refractivity contribution < 1.29 is 9.53 Å². The number of para-hydroxylation sites is 1. The third-order valence-corrected chi connectivity index (χ3v) is 4.43. The Kier molecular flexibility index (Phi) is 4.67. The van der Waals surface area contributed by atoms with Gasteiger partial charge in [0.15, 0.2) is 5.78 Å². The van der Waals surface area contributed by atoms with E-state index < -0.39 is 5.41 Å². The van der Waals surface area contributed by atoms with Crippen LogP contribution >= 0.6 is 0 Å². The molecule has 0 bridgehead atoms. The van der Waals surface area contributed by atoms with Crippen LogP contribution in [-0.2, 0) is 4.79 Å². The Hall–Kier alpha value is -1.82. The minimum absolute atomic E-state index is 0.114. The topological polar surface area (TPSA) is 50.1 Å². The van der Waals surface area contributed by atoms with Gasteiger partial charge < -0.3 is 4.74 Å². The van der Waals surface area contributed by atoms with Gasteiger partial charge in [-0.25, -0.2) is 0 Å². The molecule has 0 aliphatic heterocycles. The van der Waals surface area contributed by atoms with Gasteiger partial charge in [0.2, 0.25) is 0 Å². The third kappa shape index (κ3) is 3.44. The molecule has 1 aliphatic rings. The Bertz CT molecular complexity index is 530. The first-order chi connectivity index (χ1) is 10.0. The molecule has 21 heavy (non-hydrogen) atoms. The van der Waals surface area contributed by atoms with Crippen LogP contribution in [0.5, 0.6) is 5.75 Å². The van der Waals surface area contributed by atoms with E-state index in [1.54, 1.807) is 0 Å². The number of Topliss-reactive ketones (excluding diaryl/α,β-unsaturated/α-hetero) is 1. The maximum Gasteiger partial charge on any atom is 0.158 e. The second kappa shape index (κ2) is 6.30. The number of hydrogen-bond acceptors (Lipinski definition) is 3. The molecule has 3 nitrogen and oxygen atoms in total. The Balaban J connectivity index is 1.91. The SMILES string of the molecule is CC1(C)CCCC(C#N)(CCCOc2ccccc2)C1=O. The van der Waals surface area contributed by atoms with E-state index in [1.807, 2.05) is 44.2 Å². The van der Waals surface area contributed by atoms with Crippen LogP contribution in [-0.4, -0.2) is 12.4 Å². The summed E-state index contributed by atoms with van der Waals surface area (Å²) in [5.41, 5.74) is -1.17. The summed E-state index contributed by atoms with van der Waals surface area (Å²) in [6.07, 6.45) is 3.85. The number of carbonyl (C=O) groups excluding carboxylic acids is 1. The van der Waals surface area contributed by atoms with E-state index in [0.717, 1.165) is 25.0 Å². The largest absolute Gasteiger partial charge is 0.494 e. The smallest absolute Gasteiger partial charge is 0.158 e. The first-order valence-electron chi connectivity index (χ1n) is 7.64. The fraction of sp³-hybridized carbons (Fsp3) is 0.556. The Morgan fingerprint density at radius 3 is 2.62 bits per heavy atom.